The molecule has 1 fully saturated rings. The molecule has 1 saturated heterocycles. The van der Waals surface area contributed by atoms with Gasteiger partial charge in [-0.25, -0.2) is 5.43 Å². The van der Waals surface area contributed by atoms with E-state index in [1.807, 2.05) is 30.5 Å². The van der Waals surface area contributed by atoms with Gasteiger partial charge in [0.2, 0.25) is 11.8 Å². The number of pyridine rings is 1. The van der Waals surface area contributed by atoms with E-state index in [-0.39, 0.29) is 24.1 Å². The number of amides is 3. The van der Waals surface area contributed by atoms with E-state index in [4.69, 9.17) is 0 Å². The van der Waals surface area contributed by atoms with Crippen molar-refractivity contribution in [3.05, 3.63) is 54.4 Å². The number of likely N-dealkylation sites (tertiary alicyclic amines) is 1. The predicted octanol–water partition coefficient (Wildman–Crippen LogP) is 2.25. The van der Waals surface area contributed by atoms with Gasteiger partial charge in [0.05, 0.1) is 5.41 Å². The highest BCUT2D eigenvalue weighted by Crippen LogP contribution is 2.38. The van der Waals surface area contributed by atoms with Crippen LogP contribution in [0.4, 0.5) is 0 Å². The minimum absolute atomic E-state index is 0.0867. The zero-order valence-electron chi connectivity index (χ0n) is 19.1. The van der Waals surface area contributed by atoms with Gasteiger partial charge in [-0.15, -0.1) is 0 Å². The van der Waals surface area contributed by atoms with Gasteiger partial charge >= 0.3 is 0 Å². The Morgan fingerprint density at radius 1 is 1.09 bits per heavy atom. The van der Waals surface area contributed by atoms with Gasteiger partial charge < -0.3 is 9.80 Å². The van der Waals surface area contributed by atoms with E-state index in [0.29, 0.717) is 44.5 Å². The summed E-state index contributed by atoms with van der Waals surface area (Å²) in [6, 6.07) is 12.2. The number of piperidine rings is 1. The van der Waals surface area contributed by atoms with Crippen molar-refractivity contribution >= 4 is 23.4 Å². The number of aromatic nitrogens is 1. The summed E-state index contributed by atoms with van der Waals surface area (Å²) in [4.78, 5) is 45.2. The van der Waals surface area contributed by atoms with Gasteiger partial charge in [-0.2, -0.15) is 5.10 Å². The van der Waals surface area contributed by atoms with Gasteiger partial charge in [0.25, 0.3) is 5.91 Å². The summed E-state index contributed by atoms with van der Waals surface area (Å²) in [5.41, 5.74) is 5.39. The second kappa shape index (κ2) is 9.52. The molecule has 2 aliphatic heterocycles. The molecule has 1 aromatic carbocycles. The van der Waals surface area contributed by atoms with Gasteiger partial charge in [-0.1, -0.05) is 30.3 Å². The number of hydrazone groups is 1. The molecule has 0 radical (unpaired) electrons. The van der Waals surface area contributed by atoms with E-state index >= 15 is 0 Å². The highest BCUT2D eigenvalue weighted by atomic mass is 16.2. The number of nitrogens with one attached hydrogen (secondary N) is 1. The molecule has 33 heavy (non-hydrogen) atoms. The third kappa shape index (κ3) is 4.94. The first kappa shape index (κ1) is 22.6. The molecule has 8 heteroatoms. The Kier molecular flexibility index (Phi) is 6.53. The van der Waals surface area contributed by atoms with Crippen molar-refractivity contribution in [3.8, 4) is 11.1 Å². The molecule has 0 spiro atoms. The van der Waals surface area contributed by atoms with Crippen molar-refractivity contribution in [2.75, 3.05) is 27.2 Å². The standard InChI is InChI=1S/C25H29N5O3/c1-29(2)24(33)25(16-18-5-3-6-19(15-18)20-7-4-12-26-17-20)10-13-30(14-11-25)23(32)21-8-9-22(31)28-27-21/h3-7,12,15,17H,8-11,13-14,16H2,1-2H3,(H,28,31). The van der Waals surface area contributed by atoms with Crippen molar-refractivity contribution in [1.82, 2.24) is 20.2 Å². The van der Waals surface area contributed by atoms with E-state index in [1.54, 1.807) is 30.1 Å². The van der Waals surface area contributed by atoms with E-state index in [0.717, 1.165) is 16.7 Å². The largest absolute Gasteiger partial charge is 0.348 e. The lowest BCUT2D eigenvalue weighted by Gasteiger charge is -2.42. The first-order valence-electron chi connectivity index (χ1n) is 11.2. The van der Waals surface area contributed by atoms with Gasteiger partial charge in [0, 0.05) is 52.4 Å². The zero-order valence-corrected chi connectivity index (χ0v) is 19.1. The summed E-state index contributed by atoms with van der Waals surface area (Å²) in [5.74, 6) is -0.238. The average Bonchev–Trinajstić information content (AvgIpc) is 2.84. The maximum Gasteiger partial charge on any atom is 0.270 e. The molecule has 8 nitrogen and oxygen atoms in total. The molecule has 172 valence electrons. The van der Waals surface area contributed by atoms with Crippen LogP contribution < -0.4 is 5.43 Å². The lowest BCUT2D eigenvalue weighted by molar-refractivity contribution is -0.144. The van der Waals surface area contributed by atoms with Gasteiger partial charge in [0.15, 0.2) is 0 Å². The second-order valence-electron chi connectivity index (χ2n) is 8.98. The van der Waals surface area contributed by atoms with Crippen molar-refractivity contribution in [2.24, 2.45) is 10.5 Å². The molecule has 0 bridgehead atoms. The molecule has 3 heterocycles. The summed E-state index contributed by atoms with van der Waals surface area (Å²) >= 11 is 0. The van der Waals surface area contributed by atoms with Crippen LogP contribution in [0.1, 0.15) is 31.2 Å². The number of nitrogens with zero attached hydrogens (tertiary/aromatic N) is 4. The maximum atomic E-state index is 13.3. The van der Waals surface area contributed by atoms with Crippen LogP contribution in [0.2, 0.25) is 0 Å². The van der Waals surface area contributed by atoms with E-state index in [2.05, 4.69) is 27.6 Å². The van der Waals surface area contributed by atoms with Crippen molar-refractivity contribution in [2.45, 2.75) is 32.1 Å². The fraction of sp³-hybridized carbons (Fsp3) is 0.400. The highest BCUT2D eigenvalue weighted by molar-refractivity contribution is 6.39. The normalized spacial score (nSPS) is 17.7. The fourth-order valence-electron chi connectivity index (χ4n) is 4.67. The molecule has 0 saturated carbocycles. The Morgan fingerprint density at radius 2 is 1.85 bits per heavy atom. The summed E-state index contributed by atoms with van der Waals surface area (Å²) in [7, 11) is 3.57. The average molecular weight is 448 g/mol. The molecular weight excluding hydrogens is 418 g/mol. The first-order valence-corrected chi connectivity index (χ1v) is 11.2. The lowest BCUT2D eigenvalue weighted by atomic mass is 9.72. The number of carbonyl (C=O) groups is 3. The van der Waals surface area contributed by atoms with E-state index < -0.39 is 5.41 Å². The van der Waals surface area contributed by atoms with Gasteiger partial charge in [0.1, 0.15) is 5.71 Å². The second-order valence-corrected chi connectivity index (χ2v) is 8.98. The van der Waals surface area contributed by atoms with E-state index in [9.17, 15) is 14.4 Å². The van der Waals surface area contributed by atoms with E-state index in [1.165, 1.54) is 0 Å². The number of carbonyl (C=O) groups excluding carboxylic acids is 3. The summed E-state index contributed by atoms with van der Waals surface area (Å²) in [6.07, 6.45) is 5.97. The molecule has 1 aromatic heterocycles. The quantitative estimate of drug-likeness (QED) is 0.761. The molecule has 1 N–H and O–H groups in total. The topological polar surface area (TPSA) is 95.0 Å². The minimum atomic E-state index is -0.573. The molecule has 4 rings (SSSR count). The third-order valence-corrected chi connectivity index (χ3v) is 6.48. The first-order chi connectivity index (χ1) is 15.9. The van der Waals surface area contributed by atoms with Crippen LogP contribution in [0.15, 0.2) is 53.9 Å². The molecule has 2 aromatic rings. The van der Waals surface area contributed by atoms with Gasteiger partial charge in [-0.05, 0) is 42.0 Å². The predicted molar refractivity (Wildman–Crippen MR) is 125 cm³/mol. The van der Waals surface area contributed by atoms with Crippen molar-refractivity contribution in [1.29, 1.82) is 0 Å². The molecular formula is C25H29N5O3. The Balaban J connectivity index is 1.52. The lowest BCUT2D eigenvalue weighted by Crippen LogP contribution is -2.52. The zero-order chi connectivity index (χ0) is 23.4. The van der Waals surface area contributed by atoms with Crippen LogP contribution >= 0.6 is 0 Å². The van der Waals surface area contributed by atoms with Crippen LogP contribution in [-0.4, -0.2) is 65.4 Å². The monoisotopic (exact) mass is 447 g/mol. The molecule has 0 aliphatic carbocycles. The summed E-state index contributed by atoms with van der Waals surface area (Å²) < 4.78 is 0. The van der Waals surface area contributed by atoms with Crippen LogP contribution in [0, 0.1) is 5.41 Å². The minimum Gasteiger partial charge on any atom is -0.348 e. The smallest absolute Gasteiger partial charge is 0.270 e. The Bertz CT molecular complexity index is 1070. The number of hydrogen-bond donors (Lipinski definition) is 1. The number of hydrogen-bond acceptors (Lipinski definition) is 5. The van der Waals surface area contributed by atoms with Crippen molar-refractivity contribution in [3.63, 3.8) is 0 Å². The Morgan fingerprint density at radius 3 is 2.48 bits per heavy atom. The number of rotatable bonds is 5. The Labute approximate surface area is 193 Å². The summed E-state index contributed by atoms with van der Waals surface area (Å²) in [5, 5.41) is 3.94. The molecule has 2 aliphatic rings. The maximum absolute atomic E-state index is 13.3. The van der Waals surface area contributed by atoms with Crippen molar-refractivity contribution < 1.29 is 14.4 Å². The molecule has 0 unspecified atom stereocenters. The van der Waals surface area contributed by atoms with Crippen LogP contribution in [0.25, 0.3) is 11.1 Å². The fourth-order valence-corrected chi connectivity index (χ4v) is 4.67. The summed E-state index contributed by atoms with van der Waals surface area (Å²) in [6.45, 7) is 0.960. The Hall–Kier alpha value is -3.55. The number of benzene rings is 1. The van der Waals surface area contributed by atoms with Gasteiger partial charge in [-0.3, -0.25) is 19.4 Å². The molecule has 3 amide bonds. The SMILES string of the molecule is CN(C)C(=O)C1(Cc2cccc(-c3cccnc3)c2)CCN(C(=O)C2=NNC(=O)CC2)CC1. The highest BCUT2D eigenvalue weighted by Gasteiger charge is 2.43. The third-order valence-electron chi connectivity index (χ3n) is 6.48. The molecule has 0 atom stereocenters. The van der Waals surface area contributed by atoms with Crippen LogP contribution in [-0.2, 0) is 20.8 Å². The van der Waals surface area contributed by atoms with Crippen LogP contribution in [0.3, 0.4) is 0 Å². The van der Waals surface area contributed by atoms with Crippen LogP contribution in [0.5, 0.6) is 0 Å².